The van der Waals surface area contributed by atoms with E-state index in [1.165, 1.54) is 124 Å². The lowest BCUT2D eigenvalue weighted by Gasteiger charge is -2.18. The van der Waals surface area contributed by atoms with Gasteiger partial charge in [-0.1, -0.05) is 24.3 Å². The molecular weight excluding hydrogens is 1790 g/mol. The van der Waals surface area contributed by atoms with Crippen LogP contribution in [0.3, 0.4) is 0 Å². The molecule has 0 unspecified atom stereocenters. The van der Waals surface area contributed by atoms with E-state index in [0.717, 1.165) is 27.1 Å². The number of aromatic amines is 7. The monoisotopic (exact) mass is 1860 g/mol. The Morgan fingerprint density at radius 1 is 0.338 bits per heavy atom. The van der Waals surface area contributed by atoms with Crippen molar-refractivity contribution in [3.8, 4) is 50.3 Å². The van der Waals surface area contributed by atoms with Crippen molar-refractivity contribution in [1.29, 1.82) is 0 Å². The number of H-pyrrole nitrogens is 7. The Bertz CT molecular complexity index is 9490. The van der Waals surface area contributed by atoms with E-state index in [2.05, 4.69) is 40.2 Å². The molecule has 0 atom stereocenters. The molecule has 2 aliphatic heterocycles. The van der Waals surface area contributed by atoms with Crippen molar-refractivity contribution in [3.05, 3.63) is 401 Å². The fourth-order valence-corrected chi connectivity index (χ4v) is 19.1. The first-order chi connectivity index (χ1) is 67.3. The van der Waals surface area contributed by atoms with Gasteiger partial charge in [-0.2, -0.15) is 0 Å². The highest BCUT2D eigenvalue weighted by Gasteiger charge is 2.36. The summed E-state index contributed by atoms with van der Waals surface area (Å²) in [6.45, 7) is 0.604. The van der Waals surface area contributed by atoms with Gasteiger partial charge in [-0.3, -0.25) is 38.4 Å². The molecule has 1 amide bonds. The Hall–Kier alpha value is -19.1. The molecule has 139 heavy (non-hydrogen) atoms. The molecule has 8 aromatic carbocycles. The summed E-state index contributed by atoms with van der Waals surface area (Å²) in [6.07, 6.45) is 11.6. The summed E-state index contributed by atoms with van der Waals surface area (Å²) in [5, 5.41) is 50.0. The number of ether oxygens (including phenoxy) is 1. The zero-order valence-corrected chi connectivity index (χ0v) is 72.1. The molecule has 0 spiro atoms. The number of aromatic carboxylic acids is 4. The van der Waals surface area contributed by atoms with Crippen molar-refractivity contribution in [3.63, 3.8) is 0 Å². The number of para-hydroxylation sites is 1. The maximum atomic E-state index is 15.2. The molecule has 0 bridgehead atoms. The number of nitrogens with zero attached hydrogens (tertiary/aromatic N) is 4. The standard InChI is InChI=1S/2C26H16FN3O5.C26H18FN3O5.C26H19N3O5/c27-17-10-14-4-6-20(31)29-18(14)11-15(17)12-30-19-5-3-13-7-9-35-24(13)22(19)21(23(30)26(33)34)16-2-1-8-28-25(16)32;27-17-11-18-14(4-6-20(31)29-18)10-15(17)12-30-19-5-3-13-7-9-35-24(13)22(19)21(23(30)26(33)34)16-2-1-8-28-25(16)32;27-18-11-14-5-8-29-25(32)17(14)10-15(18)12-30-19-4-3-13-6-9-35-23(13)21(19)20(22(30)26(33)34)16-2-1-7-28-24(16)31;30-20-12-15(16-4-1-2-6-18(16)28-20)13-29-19-8-7-14-9-11-34-24(14)22(19)21(23(29)26(32)33)17-5-3-10-27-25(17)31/h2*1-11H,12H2,(H,28,32)(H,29,31)(H,33,34);1-4,6-7,9-11H,5,8,12H2,(H,28,31)(H,29,32)(H,33,34);1-8,10,12H,9,11,13H2,(H,27,31)(H,28,30)(H,32,33). The highest BCUT2D eigenvalue weighted by atomic mass is 19.1. The number of furan rings is 3. The van der Waals surface area contributed by atoms with Gasteiger partial charge in [-0.05, 0) is 192 Å². The Morgan fingerprint density at radius 3 is 1.19 bits per heavy atom. The van der Waals surface area contributed by atoms with Crippen molar-refractivity contribution >= 4 is 139 Å². The van der Waals surface area contributed by atoms with Gasteiger partial charge in [0.1, 0.15) is 62.7 Å². The second-order valence-electron chi connectivity index (χ2n) is 33.1. The lowest BCUT2D eigenvalue weighted by Crippen LogP contribution is -2.32. The number of hydrogen-bond donors (Lipinski definition) is 12. The first-order valence-electron chi connectivity index (χ1n) is 43.2. The summed E-state index contributed by atoms with van der Waals surface area (Å²) in [4.78, 5) is 168. The number of hydrogen-bond acceptors (Lipinski definition) is 16. The summed E-state index contributed by atoms with van der Waals surface area (Å²) in [6, 6.07) is 55.2. The van der Waals surface area contributed by atoms with Gasteiger partial charge in [0, 0.05) is 145 Å². The van der Waals surface area contributed by atoms with Crippen LogP contribution in [-0.2, 0) is 39.0 Å². The van der Waals surface area contributed by atoms with Crippen LogP contribution in [0.25, 0.3) is 154 Å². The number of carboxylic acids is 4. The van der Waals surface area contributed by atoms with Crippen LogP contribution in [-0.4, -0.2) is 117 Å². The lowest BCUT2D eigenvalue weighted by molar-refractivity contribution is 0.0676. The average Bonchev–Trinajstić information content (AvgIpc) is 1.58. The quantitative estimate of drug-likeness (QED) is 0.0427. The zero-order chi connectivity index (χ0) is 96.2. The third-order valence-electron chi connectivity index (χ3n) is 25.1. The Balaban J connectivity index is 0.000000110. The highest BCUT2D eigenvalue weighted by molar-refractivity contribution is 6.20. The predicted molar refractivity (Wildman–Crippen MR) is 511 cm³/mol. The number of nitrogens with one attached hydrogen (secondary N) is 8. The third-order valence-corrected chi connectivity index (χ3v) is 25.1. The second kappa shape index (κ2) is 34.5. The van der Waals surface area contributed by atoms with Gasteiger partial charge in [0.25, 0.3) is 28.1 Å². The summed E-state index contributed by atoms with van der Waals surface area (Å²) in [5.74, 6) is -6.39. The van der Waals surface area contributed by atoms with E-state index in [4.69, 9.17) is 18.0 Å². The number of carboxylic acid groups (broad SMARTS) is 4. The third kappa shape index (κ3) is 15.1. The topological polar surface area (TPSA) is 477 Å². The minimum atomic E-state index is -1.28. The van der Waals surface area contributed by atoms with Crippen LogP contribution in [0.5, 0.6) is 5.75 Å². The van der Waals surface area contributed by atoms with Crippen molar-refractivity contribution in [1.82, 2.24) is 58.5 Å². The van der Waals surface area contributed by atoms with E-state index < -0.39 is 58.0 Å². The van der Waals surface area contributed by atoms with Gasteiger partial charge >= 0.3 is 23.9 Å². The van der Waals surface area contributed by atoms with Crippen LogP contribution in [0.2, 0.25) is 0 Å². The van der Waals surface area contributed by atoms with Crippen LogP contribution in [0, 0.1) is 17.5 Å². The molecule has 12 N–H and O–H groups in total. The molecule has 0 saturated carbocycles. The number of amides is 1. The summed E-state index contributed by atoms with van der Waals surface area (Å²) < 4.78 is 74.4. The van der Waals surface area contributed by atoms with Gasteiger partial charge < -0.3 is 96.9 Å². The number of pyridine rings is 7. The maximum absolute atomic E-state index is 15.2. The highest BCUT2D eigenvalue weighted by Crippen LogP contribution is 2.47. The van der Waals surface area contributed by atoms with E-state index in [1.807, 2.05) is 36.4 Å². The van der Waals surface area contributed by atoms with Crippen LogP contribution < -0.4 is 49.0 Å². The zero-order valence-electron chi connectivity index (χ0n) is 72.1. The van der Waals surface area contributed by atoms with Crippen molar-refractivity contribution in [2.24, 2.45) is 0 Å². The molecule has 35 heteroatoms. The number of benzene rings is 8. The molecule has 0 saturated heterocycles. The average molecular weight is 1860 g/mol. The van der Waals surface area contributed by atoms with Gasteiger partial charge in [0.15, 0.2) is 0 Å². The molecule has 686 valence electrons. The number of fused-ring (bicyclic) bond motifs is 16. The number of carbonyl (C=O) groups excluding carboxylic acids is 1. The maximum Gasteiger partial charge on any atom is 0.353 e. The molecular formula is C104H69F3N12O20. The van der Waals surface area contributed by atoms with Gasteiger partial charge in [0.2, 0.25) is 16.7 Å². The molecule has 2 aliphatic rings. The number of aromatic nitrogens is 11. The van der Waals surface area contributed by atoms with Crippen LogP contribution in [0.1, 0.15) is 85.7 Å². The molecule has 0 radical (unpaired) electrons. The van der Waals surface area contributed by atoms with Crippen LogP contribution in [0.15, 0.2) is 297 Å². The number of rotatable bonds is 16. The van der Waals surface area contributed by atoms with E-state index >= 15 is 13.2 Å². The Morgan fingerprint density at radius 2 is 0.727 bits per heavy atom. The van der Waals surface area contributed by atoms with Gasteiger partial charge in [-0.25, -0.2) is 32.3 Å². The fraction of sp³-hybridized carbons (Fsp3) is 0.0769. The largest absolute Gasteiger partial charge is 0.492 e. The Kier molecular flexibility index (Phi) is 21.5. The van der Waals surface area contributed by atoms with Crippen LogP contribution >= 0.6 is 0 Å². The molecule has 22 aromatic rings. The van der Waals surface area contributed by atoms with E-state index in [1.54, 1.807) is 108 Å². The van der Waals surface area contributed by atoms with Crippen molar-refractivity contribution in [2.45, 2.75) is 39.0 Å². The lowest BCUT2D eigenvalue weighted by atomic mass is 9.97. The minimum Gasteiger partial charge on any atom is -0.492 e. The van der Waals surface area contributed by atoms with Crippen molar-refractivity contribution < 1.29 is 75.6 Å². The smallest absolute Gasteiger partial charge is 0.353 e. The molecule has 0 aliphatic carbocycles. The second-order valence-corrected chi connectivity index (χ2v) is 33.1. The fourth-order valence-electron chi connectivity index (χ4n) is 19.1. The molecule has 16 heterocycles. The molecule has 0 fully saturated rings. The first-order valence-corrected chi connectivity index (χ1v) is 43.2. The summed E-state index contributed by atoms with van der Waals surface area (Å²) >= 11 is 0. The van der Waals surface area contributed by atoms with E-state index in [0.29, 0.717) is 142 Å². The molecule has 14 aromatic heterocycles. The number of halogens is 3. The van der Waals surface area contributed by atoms with Gasteiger partial charge in [-0.15, -0.1) is 0 Å². The number of carbonyl (C=O) groups is 5. The van der Waals surface area contributed by atoms with Gasteiger partial charge in [0.05, 0.1) is 116 Å². The van der Waals surface area contributed by atoms with E-state index in [9.17, 15) is 78.0 Å². The molecule has 24 rings (SSSR count). The van der Waals surface area contributed by atoms with Crippen molar-refractivity contribution in [2.75, 3.05) is 13.2 Å². The normalized spacial score (nSPS) is 12.3. The summed E-state index contributed by atoms with van der Waals surface area (Å²) in [7, 11) is 0. The Labute approximate surface area is 772 Å². The SMILES string of the molecule is O=C(O)c1c(-c2ccc[nH]c2=O)c2c3c(ccc2n1Cc1cc(=O)[nH]c2ccccc12)CCO3.O=C(O)c1c(-c2ccc[nH]c2=O)c2c3occc3ccc2n1Cc1cc2[nH]c(=O)ccc2cc1F.O=C(O)c1c(-c2ccc[nH]c2=O)c2c3occc3ccc2n1Cc1cc2ccc(=O)[nH]c2cc1F.O=C1NCCc2cc(F)c(Cn3c(C(=O)O)c(-c4ccc[nH]c4=O)c4c5occc5ccc43)cc21. The summed E-state index contributed by atoms with van der Waals surface area (Å²) in [5.41, 5.74) is 6.23. The van der Waals surface area contributed by atoms with Crippen LogP contribution in [0.4, 0.5) is 13.2 Å². The minimum absolute atomic E-state index is 0.0278. The molecule has 32 nitrogen and oxygen atoms in total. The van der Waals surface area contributed by atoms with E-state index in [-0.39, 0.29) is 133 Å². The first kappa shape index (κ1) is 86.6. The predicted octanol–water partition coefficient (Wildman–Crippen LogP) is 16.4.